The van der Waals surface area contributed by atoms with E-state index in [2.05, 4.69) is 22.5 Å². The summed E-state index contributed by atoms with van der Waals surface area (Å²) in [5, 5.41) is 11.2. The molecule has 1 aliphatic heterocycles. The first kappa shape index (κ1) is 13.8. The lowest BCUT2D eigenvalue weighted by molar-refractivity contribution is -0.385. The predicted molar refractivity (Wildman–Crippen MR) is 83.7 cm³/mol. The minimum Gasteiger partial charge on any atom is -0.478 e. The third kappa shape index (κ3) is 2.34. The molecular weight excluding hydrogens is 334 g/mol. The van der Waals surface area contributed by atoms with Crippen LogP contribution in [0, 0.1) is 10.1 Å². The fraction of sp³-hybridized carbons (Fsp3) is 0.125. The molecule has 21 heavy (non-hydrogen) atoms. The average molecular weight is 346 g/mol. The van der Waals surface area contributed by atoms with Gasteiger partial charge in [0, 0.05) is 16.1 Å². The maximum atomic E-state index is 11.2. The lowest BCUT2D eigenvalue weighted by Crippen LogP contribution is -2.16. The van der Waals surface area contributed by atoms with E-state index in [1.807, 2.05) is 36.4 Å². The van der Waals surface area contributed by atoms with Crippen LogP contribution in [0.2, 0.25) is 0 Å². The molecule has 2 aromatic rings. The molecule has 1 heterocycles. The molecule has 0 saturated carbocycles. The highest BCUT2D eigenvalue weighted by Gasteiger charge is 2.38. The number of ether oxygens (including phenoxy) is 1. The lowest BCUT2D eigenvalue weighted by Gasteiger charge is -2.15. The second kappa shape index (κ2) is 5.33. The highest BCUT2D eigenvalue weighted by Crippen LogP contribution is 2.48. The number of hydrogen-bond donors (Lipinski definition) is 0. The number of halogens is 1. The van der Waals surface area contributed by atoms with Crippen molar-refractivity contribution in [3.05, 3.63) is 80.8 Å². The van der Waals surface area contributed by atoms with Gasteiger partial charge in [0.2, 0.25) is 5.75 Å². The molecule has 0 saturated heterocycles. The Morgan fingerprint density at radius 3 is 2.62 bits per heavy atom. The first-order valence-electron chi connectivity index (χ1n) is 6.44. The Morgan fingerprint density at radius 2 is 2.00 bits per heavy atom. The lowest BCUT2D eigenvalue weighted by atomic mass is 9.88. The van der Waals surface area contributed by atoms with E-state index in [1.165, 1.54) is 6.07 Å². The van der Waals surface area contributed by atoms with Crippen molar-refractivity contribution in [1.82, 2.24) is 0 Å². The molecule has 0 N–H and O–H groups in total. The molecule has 1 aliphatic rings. The van der Waals surface area contributed by atoms with Crippen LogP contribution in [-0.2, 0) is 0 Å². The maximum Gasteiger partial charge on any atom is 0.312 e. The molecule has 0 aromatic heterocycles. The number of nitrogens with zero attached hydrogens (tertiary/aromatic N) is 1. The van der Waals surface area contributed by atoms with E-state index in [1.54, 1.807) is 6.08 Å². The summed E-state index contributed by atoms with van der Waals surface area (Å²) in [6.45, 7) is 3.79. The third-order valence-corrected chi connectivity index (χ3v) is 4.03. The highest BCUT2D eigenvalue weighted by atomic mass is 79.9. The van der Waals surface area contributed by atoms with Crippen LogP contribution in [0.4, 0.5) is 5.69 Å². The van der Waals surface area contributed by atoms with Crippen molar-refractivity contribution in [3.8, 4) is 5.75 Å². The standard InChI is InChI=1S/C16H12BrNO3/c1-2-14-15(10-6-4-3-5-7-10)12-8-11(17)9-13(18(19)20)16(12)21-14/h2-9,14-15H,1H2. The van der Waals surface area contributed by atoms with Crippen molar-refractivity contribution in [2.24, 2.45) is 0 Å². The second-order valence-corrected chi connectivity index (χ2v) is 5.72. The Labute approximate surface area is 130 Å². The molecule has 0 aliphatic carbocycles. The maximum absolute atomic E-state index is 11.2. The second-order valence-electron chi connectivity index (χ2n) is 4.81. The molecule has 0 amide bonds. The van der Waals surface area contributed by atoms with Gasteiger partial charge in [0.25, 0.3) is 0 Å². The van der Waals surface area contributed by atoms with E-state index in [-0.39, 0.29) is 17.7 Å². The Morgan fingerprint density at radius 1 is 1.29 bits per heavy atom. The quantitative estimate of drug-likeness (QED) is 0.469. The number of nitro benzene ring substituents is 1. The number of hydrogen-bond acceptors (Lipinski definition) is 3. The summed E-state index contributed by atoms with van der Waals surface area (Å²) >= 11 is 3.34. The first-order chi connectivity index (χ1) is 10.1. The Bertz CT molecular complexity index is 715. The minimum atomic E-state index is -0.420. The van der Waals surface area contributed by atoms with Crippen molar-refractivity contribution in [2.75, 3.05) is 0 Å². The zero-order chi connectivity index (χ0) is 15.0. The topological polar surface area (TPSA) is 52.4 Å². The summed E-state index contributed by atoms with van der Waals surface area (Å²) in [5.41, 5.74) is 1.84. The minimum absolute atomic E-state index is 0.0235. The molecule has 2 unspecified atom stereocenters. The molecule has 106 valence electrons. The van der Waals surface area contributed by atoms with Crippen molar-refractivity contribution in [1.29, 1.82) is 0 Å². The van der Waals surface area contributed by atoms with Gasteiger partial charge in [0.15, 0.2) is 0 Å². The van der Waals surface area contributed by atoms with Gasteiger partial charge in [0.05, 0.1) is 10.8 Å². The van der Waals surface area contributed by atoms with Gasteiger partial charge < -0.3 is 4.74 Å². The normalized spacial score (nSPS) is 19.7. The predicted octanol–water partition coefficient (Wildman–Crippen LogP) is 4.44. The summed E-state index contributed by atoms with van der Waals surface area (Å²) in [6.07, 6.45) is 1.38. The van der Waals surface area contributed by atoms with Crippen LogP contribution in [0.15, 0.2) is 59.6 Å². The van der Waals surface area contributed by atoms with E-state index in [4.69, 9.17) is 4.74 Å². The van der Waals surface area contributed by atoms with Gasteiger partial charge in [-0.25, -0.2) is 0 Å². The third-order valence-electron chi connectivity index (χ3n) is 3.57. The van der Waals surface area contributed by atoms with Crippen molar-refractivity contribution in [2.45, 2.75) is 12.0 Å². The molecule has 0 radical (unpaired) electrons. The van der Waals surface area contributed by atoms with Crippen LogP contribution in [-0.4, -0.2) is 11.0 Å². The van der Waals surface area contributed by atoms with Crippen molar-refractivity contribution >= 4 is 21.6 Å². The zero-order valence-corrected chi connectivity index (χ0v) is 12.6. The molecule has 2 atom stereocenters. The van der Waals surface area contributed by atoms with Crippen LogP contribution in [0.3, 0.4) is 0 Å². The zero-order valence-electron chi connectivity index (χ0n) is 11.0. The van der Waals surface area contributed by atoms with Gasteiger partial charge in [-0.15, -0.1) is 0 Å². The largest absolute Gasteiger partial charge is 0.478 e. The summed E-state index contributed by atoms with van der Waals surface area (Å²) in [4.78, 5) is 10.8. The van der Waals surface area contributed by atoms with Crippen LogP contribution < -0.4 is 4.74 Å². The van der Waals surface area contributed by atoms with Gasteiger partial charge in [-0.05, 0) is 11.6 Å². The number of nitro groups is 1. The monoisotopic (exact) mass is 345 g/mol. The van der Waals surface area contributed by atoms with Gasteiger partial charge in [-0.1, -0.05) is 58.9 Å². The van der Waals surface area contributed by atoms with E-state index < -0.39 is 4.92 Å². The van der Waals surface area contributed by atoms with Crippen molar-refractivity contribution in [3.63, 3.8) is 0 Å². The summed E-state index contributed by atoms with van der Waals surface area (Å²) in [7, 11) is 0. The molecule has 4 nitrogen and oxygen atoms in total. The fourth-order valence-electron chi connectivity index (χ4n) is 2.69. The Kier molecular flexibility index (Phi) is 3.51. The average Bonchev–Trinajstić information content (AvgIpc) is 2.85. The SMILES string of the molecule is C=CC1Oc2c(cc(Br)cc2[N+](=O)[O-])C1c1ccccc1. The molecule has 2 aromatic carbocycles. The van der Waals surface area contributed by atoms with Gasteiger partial charge in [-0.3, -0.25) is 10.1 Å². The number of rotatable bonds is 3. The summed E-state index contributed by atoms with van der Waals surface area (Å²) < 4.78 is 6.46. The highest BCUT2D eigenvalue weighted by molar-refractivity contribution is 9.10. The molecule has 3 rings (SSSR count). The van der Waals surface area contributed by atoms with E-state index in [0.29, 0.717) is 10.2 Å². The van der Waals surface area contributed by atoms with Gasteiger partial charge >= 0.3 is 5.69 Å². The molecule has 0 bridgehead atoms. The van der Waals surface area contributed by atoms with Gasteiger partial charge in [0.1, 0.15) is 6.10 Å². The molecule has 0 fully saturated rings. The fourth-order valence-corrected chi connectivity index (χ4v) is 3.15. The number of benzene rings is 2. The summed E-state index contributed by atoms with van der Waals surface area (Å²) in [6, 6.07) is 13.2. The Hall–Kier alpha value is -2.14. The van der Waals surface area contributed by atoms with E-state index in [0.717, 1.165) is 11.1 Å². The first-order valence-corrected chi connectivity index (χ1v) is 7.23. The van der Waals surface area contributed by atoms with Crippen LogP contribution in [0.5, 0.6) is 5.75 Å². The van der Waals surface area contributed by atoms with Crippen LogP contribution >= 0.6 is 15.9 Å². The van der Waals surface area contributed by atoms with Crippen molar-refractivity contribution < 1.29 is 9.66 Å². The van der Waals surface area contributed by atoms with E-state index >= 15 is 0 Å². The molecular formula is C16H12BrNO3. The Balaban J connectivity index is 2.21. The van der Waals surface area contributed by atoms with Gasteiger partial charge in [-0.2, -0.15) is 0 Å². The van der Waals surface area contributed by atoms with E-state index in [9.17, 15) is 10.1 Å². The smallest absolute Gasteiger partial charge is 0.312 e. The number of fused-ring (bicyclic) bond motifs is 1. The summed E-state index contributed by atoms with van der Waals surface area (Å²) in [5.74, 6) is 0.247. The van der Waals surface area contributed by atoms with Crippen LogP contribution in [0.25, 0.3) is 0 Å². The molecule has 5 heteroatoms. The van der Waals surface area contributed by atoms with Crippen LogP contribution in [0.1, 0.15) is 17.0 Å². The molecule has 0 spiro atoms.